The summed E-state index contributed by atoms with van der Waals surface area (Å²) in [5.41, 5.74) is 2.61. The van der Waals surface area contributed by atoms with E-state index >= 15 is 0 Å². The van der Waals surface area contributed by atoms with Gasteiger partial charge in [-0.05, 0) is 36.3 Å². The SMILES string of the molecule is CC(=O)NC[C@H]1CN(C2C=CC(C34CC3CN(C(=O)CCc3ccccc3)C4)=CC2)C(=O)O1. The van der Waals surface area contributed by atoms with Crippen LogP contribution in [0.25, 0.3) is 0 Å². The molecule has 1 saturated carbocycles. The molecule has 3 unspecified atom stereocenters. The van der Waals surface area contributed by atoms with E-state index < -0.39 is 0 Å². The Hall–Kier alpha value is -3.09. The van der Waals surface area contributed by atoms with E-state index in [0.29, 0.717) is 25.4 Å². The minimum atomic E-state index is -0.324. The monoisotopic (exact) mass is 449 g/mol. The fourth-order valence-electron chi connectivity index (χ4n) is 5.56. The van der Waals surface area contributed by atoms with Crippen LogP contribution in [-0.2, 0) is 20.7 Å². The third-order valence-electron chi connectivity index (χ3n) is 7.50. The smallest absolute Gasteiger partial charge is 0.410 e. The van der Waals surface area contributed by atoms with Gasteiger partial charge in [-0.1, -0.05) is 48.6 Å². The predicted molar refractivity (Wildman–Crippen MR) is 123 cm³/mol. The normalized spacial score (nSPS) is 30.0. The number of allylic oxidation sites excluding steroid dienone is 1. The lowest BCUT2D eigenvalue weighted by Crippen LogP contribution is -2.38. The molecule has 1 aromatic rings. The van der Waals surface area contributed by atoms with Crippen molar-refractivity contribution in [1.82, 2.24) is 15.1 Å². The molecule has 0 aromatic heterocycles. The Morgan fingerprint density at radius 1 is 1.21 bits per heavy atom. The van der Waals surface area contributed by atoms with Crippen molar-refractivity contribution < 1.29 is 19.1 Å². The van der Waals surface area contributed by atoms with Crippen LogP contribution in [0.4, 0.5) is 4.79 Å². The standard InChI is InChI=1S/C26H31N3O4/c1-18(30)27-14-23-16-29(25(32)33-23)22-10-8-20(9-11-22)26-13-21(26)15-28(17-26)24(31)12-7-19-5-3-2-4-6-19/h2-6,8-10,21-23H,7,11-17H2,1H3,(H,27,30)/t21?,22?,23-,26?/m0/s1. The van der Waals surface area contributed by atoms with E-state index in [9.17, 15) is 14.4 Å². The molecule has 174 valence electrons. The molecular weight excluding hydrogens is 418 g/mol. The molecule has 2 heterocycles. The molecular formula is C26H31N3O4. The minimum absolute atomic E-state index is 0.0258. The summed E-state index contributed by atoms with van der Waals surface area (Å²) in [5.74, 6) is 0.662. The number of carbonyl (C=O) groups is 3. The van der Waals surface area contributed by atoms with Gasteiger partial charge in [0.25, 0.3) is 0 Å². The number of benzene rings is 1. The Kier molecular flexibility index (Phi) is 5.72. The van der Waals surface area contributed by atoms with Crippen molar-refractivity contribution in [2.45, 2.75) is 44.8 Å². The lowest BCUT2D eigenvalue weighted by molar-refractivity contribution is -0.130. The molecule has 4 atom stereocenters. The van der Waals surface area contributed by atoms with Gasteiger partial charge < -0.3 is 15.0 Å². The Balaban J connectivity index is 1.14. The second-order valence-corrected chi connectivity index (χ2v) is 9.73. The molecule has 2 aliphatic heterocycles. The first-order valence-corrected chi connectivity index (χ1v) is 11.9. The number of carbonyl (C=O) groups excluding carboxylic acids is 3. The van der Waals surface area contributed by atoms with Crippen molar-refractivity contribution in [1.29, 1.82) is 0 Å². The summed E-state index contributed by atoms with van der Waals surface area (Å²) in [7, 11) is 0. The van der Waals surface area contributed by atoms with Crippen molar-refractivity contribution in [3.8, 4) is 0 Å². The van der Waals surface area contributed by atoms with Crippen LogP contribution in [0.3, 0.4) is 0 Å². The van der Waals surface area contributed by atoms with Crippen LogP contribution >= 0.6 is 0 Å². The minimum Gasteiger partial charge on any atom is -0.442 e. The summed E-state index contributed by atoms with van der Waals surface area (Å²) in [4.78, 5) is 40.0. The van der Waals surface area contributed by atoms with E-state index in [4.69, 9.17) is 4.74 Å². The van der Waals surface area contributed by atoms with E-state index in [1.54, 1.807) is 4.90 Å². The number of nitrogens with zero attached hydrogens (tertiary/aromatic N) is 2. The van der Waals surface area contributed by atoms with E-state index in [0.717, 1.165) is 32.4 Å². The highest BCUT2D eigenvalue weighted by Gasteiger charge is 2.62. The maximum Gasteiger partial charge on any atom is 0.410 e. The molecule has 2 saturated heterocycles. The number of ether oxygens (including phenoxy) is 1. The summed E-state index contributed by atoms with van der Waals surface area (Å²) in [6, 6.07) is 10.1. The third-order valence-corrected chi connectivity index (χ3v) is 7.50. The molecule has 7 nitrogen and oxygen atoms in total. The number of cyclic esters (lactones) is 1. The fourth-order valence-corrected chi connectivity index (χ4v) is 5.56. The average molecular weight is 450 g/mol. The summed E-state index contributed by atoms with van der Waals surface area (Å²) in [6.45, 7) is 3.93. The van der Waals surface area contributed by atoms with Crippen molar-refractivity contribution in [2.75, 3.05) is 26.2 Å². The summed E-state index contributed by atoms with van der Waals surface area (Å²) >= 11 is 0. The van der Waals surface area contributed by atoms with Crippen LogP contribution in [0.5, 0.6) is 0 Å². The van der Waals surface area contributed by atoms with E-state index in [-0.39, 0.29) is 35.5 Å². The van der Waals surface area contributed by atoms with Gasteiger partial charge in [-0.2, -0.15) is 0 Å². The van der Waals surface area contributed by atoms with Gasteiger partial charge in [-0.15, -0.1) is 0 Å². The second kappa shape index (κ2) is 8.69. The highest BCUT2D eigenvalue weighted by molar-refractivity contribution is 5.77. The molecule has 3 fully saturated rings. The first-order valence-electron chi connectivity index (χ1n) is 11.9. The molecule has 5 rings (SSSR count). The number of fused-ring (bicyclic) bond motifs is 1. The highest BCUT2D eigenvalue weighted by atomic mass is 16.6. The zero-order chi connectivity index (χ0) is 23.0. The number of hydrogen-bond donors (Lipinski definition) is 1. The van der Waals surface area contributed by atoms with Gasteiger partial charge in [-0.25, -0.2) is 4.79 Å². The molecule has 0 radical (unpaired) electrons. The van der Waals surface area contributed by atoms with Crippen LogP contribution in [-0.4, -0.2) is 66.0 Å². The average Bonchev–Trinajstić information content (AvgIpc) is 3.19. The molecule has 2 aliphatic carbocycles. The predicted octanol–water partition coefficient (Wildman–Crippen LogP) is 2.68. The lowest BCUT2D eigenvalue weighted by Gasteiger charge is -2.27. The first-order chi connectivity index (χ1) is 15.9. The molecule has 1 aromatic carbocycles. The van der Waals surface area contributed by atoms with Crippen molar-refractivity contribution in [3.05, 3.63) is 59.7 Å². The van der Waals surface area contributed by atoms with Gasteiger partial charge >= 0.3 is 6.09 Å². The molecule has 0 bridgehead atoms. The molecule has 1 N–H and O–H groups in total. The largest absolute Gasteiger partial charge is 0.442 e. The summed E-state index contributed by atoms with van der Waals surface area (Å²) in [5, 5.41) is 2.71. The van der Waals surface area contributed by atoms with Gasteiger partial charge in [0.05, 0.1) is 19.1 Å². The number of amides is 3. The van der Waals surface area contributed by atoms with Gasteiger partial charge in [0.2, 0.25) is 11.8 Å². The maximum atomic E-state index is 12.8. The van der Waals surface area contributed by atoms with Crippen LogP contribution in [0.2, 0.25) is 0 Å². The lowest BCUT2D eigenvalue weighted by atomic mass is 9.88. The maximum absolute atomic E-state index is 12.8. The van der Waals surface area contributed by atoms with Gasteiger partial charge in [0.15, 0.2) is 0 Å². The van der Waals surface area contributed by atoms with Crippen molar-refractivity contribution in [3.63, 3.8) is 0 Å². The summed E-state index contributed by atoms with van der Waals surface area (Å²) in [6.07, 6.45) is 9.10. The Morgan fingerprint density at radius 2 is 2.03 bits per heavy atom. The molecule has 0 spiro atoms. The van der Waals surface area contributed by atoms with E-state index in [2.05, 4.69) is 35.7 Å². The molecule has 7 heteroatoms. The van der Waals surface area contributed by atoms with Crippen LogP contribution in [0, 0.1) is 11.3 Å². The molecule has 33 heavy (non-hydrogen) atoms. The number of aryl methyl sites for hydroxylation is 1. The molecule has 3 amide bonds. The number of nitrogens with one attached hydrogen (secondary N) is 1. The second-order valence-electron chi connectivity index (χ2n) is 9.73. The quantitative estimate of drug-likeness (QED) is 0.694. The van der Waals surface area contributed by atoms with Crippen LogP contribution in [0.1, 0.15) is 31.7 Å². The number of hydrogen-bond acceptors (Lipinski definition) is 4. The number of likely N-dealkylation sites (tertiary alicyclic amines) is 1. The third kappa shape index (κ3) is 4.41. The van der Waals surface area contributed by atoms with E-state index in [1.807, 2.05) is 23.1 Å². The van der Waals surface area contributed by atoms with Gasteiger partial charge in [0, 0.05) is 31.8 Å². The van der Waals surface area contributed by atoms with Gasteiger partial charge in [-0.3, -0.25) is 14.5 Å². The zero-order valence-corrected chi connectivity index (χ0v) is 19.0. The molecule has 4 aliphatic rings. The Bertz CT molecular complexity index is 1000. The Labute approximate surface area is 194 Å². The zero-order valence-electron chi connectivity index (χ0n) is 19.0. The van der Waals surface area contributed by atoms with E-state index in [1.165, 1.54) is 18.1 Å². The van der Waals surface area contributed by atoms with Crippen molar-refractivity contribution >= 4 is 17.9 Å². The summed E-state index contributed by atoms with van der Waals surface area (Å²) < 4.78 is 5.40. The van der Waals surface area contributed by atoms with Crippen molar-refractivity contribution in [2.24, 2.45) is 11.3 Å². The van der Waals surface area contributed by atoms with Crippen LogP contribution < -0.4 is 5.32 Å². The number of piperidine rings is 1. The van der Waals surface area contributed by atoms with Crippen LogP contribution in [0.15, 0.2) is 54.1 Å². The highest BCUT2D eigenvalue weighted by Crippen LogP contribution is 2.63. The Morgan fingerprint density at radius 3 is 2.76 bits per heavy atom. The number of rotatable bonds is 7. The topological polar surface area (TPSA) is 79.0 Å². The van der Waals surface area contributed by atoms with Gasteiger partial charge in [0.1, 0.15) is 6.10 Å². The fraction of sp³-hybridized carbons (Fsp3) is 0.500. The first kappa shape index (κ1) is 21.7.